The van der Waals surface area contributed by atoms with E-state index in [4.69, 9.17) is 0 Å². The van der Waals surface area contributed by atoms with Crippen LogP contribution in [0.5, 0.6) is 0 Å². The number of hydrogen-bond donors (Lipinski definition) is 1. The van der Waals surface area contributed by atoms with Gasteiger partial charge < -0.3 is 5.32 Å². The van der Waals surface area contributed by atoms with E-state index in [1.807, 2.05) is 49.5 Å². The number of fused-ring (bicyclic) bond motifs is 1. The number of nitrogens with zero attached hydrogens (tertiary/aromatic N) is 3. The zero-order chi connectivity index (χ0) is 20.7. The van der Waals surface area contributed by atoms with Crippen molar-refractivity contribution < 1.29 is 0 Å². The van der Waals surface area contributed by atoms with E-state index in [0.717, 1.165) is 46.3 Å². The first-order valence-electron chi connectivity index (χ1n) is 10.1. The van der Waals surface area contributed by atoms with E-state index in [-0.39, 0.29) is 29.7 Å². The molecule has 0 unspecified atom stereocenters. The van der Waals surface area contributed by atoms with Crippen molar-refractivity contribution in [3.05, 3.63) is 73.3 Å². The number of aromatic nitrogens is 3. The van der Waals surface area contributed by atoms with Gasteiger partial charge in [-0.05, 0) is 44.5 Å². The fraction of sp³-hybridized carbons (Fsp3) is 0.318. The van der Waals surface area contributed by atoms with Crippen LogP contribution in [-0.4, -0.2) is 27.2 Å². The maximum absolute atomic E-state index is 13.5. The number of aryl methyl sites for hydroxylation is 1. The van der Waals surface area contributed by atoms with Crippen molar-refractivity contribution in [2.24, 2.45) is 0 Å². The molecule has 0 spiro atoms. The number of rotatable bonds is 4. The van der Waals surface area contributed by atoms with Gasteiger partial charge in [-0.3, -0.25) is 13.9 Å². The molecule has 0 saturated carbocycles. The van der Waals surface area contributed by atoms with Crippen molar-refractivity contribution in [2.45, 2.75) is 32.4 Å². The van der Waals surface area contributed by atoms with Gasteiger partial charge in [0.25, 0.3) is 5.56 Å². The third kappa shape index (κ3) is 4.13. The first kappa shape index (κ1) is 22.0. The monoisotopic (exact) mass is 474 g/mol. The minimum Gasteiger partial charge on any atom is -0.317 e. The van der Waals surface area contributed by atoms with Gasteiger partial charge >= 0.3 is 5.69 Å². The third-order valence-electron chi connectivity index (χ3n) is 5.55. The number of thiophene rings is 1. The smallest absolute Gasteiger partial charge is 0.317 e. The molecule has 1 aliphatic heterocycles. The molecule has 4 aromatic rings. The van der Waals surface area contributed by atoms with Crippen molar-refractivity contribution >= 4 is 45.3 Å². The molecule has 5 rings (SSSR count). The molecule has 3 aromatic heterocycles. The Kier molecular flexibility index (Phi) is 6.43. The van der Waals surface area contributed by atoms with Crippen LogP contribution in [0.15, 0.2) is 52.2 Å². The molecule has 0 radical (unpaired) electrons. The first-order valence-corrected chi connectivity index (χ1v) is 11.7. The quantitative estimate of drug-likeness (QED) is 0.484. The number of piperidine rings is 1. The van der Waals surface area contributed by atoms with Crippen molar-refractivity contribution in [1.82, 2.24) is 19.4 Å². The number of hydrogen-bond acceptors (Lipinski definition) is 6. The van der Waals surface area contributed by atoms with Gasteiger partial charge in [0, 0.05) is 22.0 Å². The summed E-state index contributed by atoms with van der Waals surface area (Å²) in [5.41, 5.74) is 1.35. The molecule has 0 bridgehead atoms. The third-order valence-corrected chi connectivity index (χ3v) is 7.61. The minimum absolute atomic E-state index is 0. The second kappa shape index (κ2) is 9.08. The summed E-state index contributed by atoms with van der Waals surface area (Å²) in [7, 11) is 0. The fourth-order valence-electron chi connectivity index (χ4n) is 4.06. The lowest BCUT2D eigenvalue weighted by molar-refractivity contribution is 0.346. The van der Waals surface area contributed by atoms with Crippen LogP contribution in [0.3, 0.4) is 0 Å². The second-order valence-electron chi connectivity index (χ2n) is 7.58. The molecular weight excluding hydrogens is 452 g/mol. The van der Waals surface area contributed by atoms with Crippen molar-refractivity contribution in [1.29, 1.82) is 0 Å². The van der Waals surface area contributed by atoms with Crippen LogP contribution in [0, 0.1) is 6.92 Å². The Morgan fingerprint density at radius 1 is 1.13 bits per heavy atom. The highest BCUT2D eigenvalue weighted by molar-refractivity contribution is 7.22. The summed E-state index contributed by atoms with van der Waals surface area (Å²) in [5, 5.41) is 4.19. The summed E-state index contributed by atoms with van der Waals surface area (Å²) in [6, 6.07) is 11.9. The molecule has 0 atom stereocenters. The van der Waals surface area contributed by atoms with E-state index in [9.17, 15) is 9.59 Å². The molecule has 0 aliphatic carbocycles. The SMILES string of the molecule is Cc1cnc(Cn2c(=O)n(C3CCNCC3)c(=O)c3sc(-c4ccccc4)cc32)s1.Cl. The molecule has 4 heterocycles. The predicted octanol–water partition coefficient (Wildman–Crippen LogP) is 4.05. The van der Waals surface area contributed by atoms with E-state index in [2.05, 4.69) is 10.3 Å². The fourth-order valence-corrected chi connectivity index (χ4v) is 5.94. The molecule has 6 nitrogen and oxygen atoms in total. The van der Waals surface area contributed by atoms with E-state index in [1.165, 1.54) is 15.9 Å². The number of benzene rings is 1. The standard InChI is InChI=1S/C22H22N4O2S2.ClH/c1-14-12-24-19(29-14)13-25-17-11-18(15-5-3-2-4-6-15)30-20(17)21(27)26(22(25)28)16-7-9-23-10-8-16;/h2-6,11-12,16,23H,7-10,13H2,1H3;1H. The average Bonchev–Trinajstić information content (AvgIpc) is 3.39. The lowest BCUT2D eigenvalue weighted by atomic mass is 10.1. The van der Waals surface area contributed by atoms with Crippen molar-refractivity contribution in [3.63, 3.8) is 0 Å². The molecule has 162 valence electrons. The first-order chi connectivity index (χ1) is 14.6. The van der Waals surface area contributed by atoms with Gasteiger partial charge in [0.05, 0.1) is 12.1 Å². The Balaban J connectivity index is 0.00000231. The van der Waals surface area contributed by atoms with Gasteiger partial charge in [-0.1, -0.05) is 30.3 Å². The zero-order valence-corrected chi connectivity index (χ0v) is 19.5. The van der Waals surface area contributed by atoms with Gasteiger partial charge in [-0.2, -0.15) is 0 Å². The lowest BCUT2D eigenvalue weighted by Crippen LogP contribution is -2.45. The molecule has 1 N–H and O–H groups in total. The van der Waals surface area contributed by atoms with E-state index in [0.29, 0.717) is 16.8 Å². The average molecular weight is 475 g/mol. The van der Waals surface area contributed by atoms with Crippen LogP contribution >= 0.6 is 35.1 Å². The van der Waals surface area contributed by atoms with Gasteiger partial charge in [0.15, 0.2) is 0 Å². The number of thiazole rings is 1. The highest BCUT2D eigenvalue weighted by Gasteiger charge is 2.24. The molecule has 1 saturated heterocycles. The number of nitrogens with one attached hydrogen (secondary N) is 1. The molecular formula is C22H23ClN4O2S2. The molecule has 9 heteroatoms. The molecule has 1 aromatic carbocycles. The van der Waals surface area contributed by atoms with Gasteiger partial charge in [-0.25, -0.2) is 9.78 Å². The highest BCUT2D eigenvalue weighted by atomic mass is 35.5. The maximum atomic E-state index is 13.5. The van der Waals surface area contributed by atoms with E-state index in [1.54, 1.807) is 15.9 Å². The zero-order valence-electron chi connectivity index (χ0n) is 17.0. The van der Waals surface area contributed by atoms with Crippen molar-refractivity contribution in [2.75, 3.05) is 13.1 Å². The van der Waals surface area contributed by atoms with Gasteiger partial charge in [-0.15, -0.1) is 35.1 Å². The summed E-state index contributed by atoms with van der Waals surface area (Å²) in [5.74, 6) is 0. The van der Waals surface area contributed by atoms with Crippen molar-refractivity contribution in [3.8, 4) is 10.4 Å². The Morgan fingerprint density at radius 3 is 2.55 bits per heavy atom. The van der Waals surface area contributed by atoms with Crippen LogP contribution in [0.2, 0.25) is 0 Å². The Hall–Kier alpha value is -2.26. The Morgan fingerprint density at radius 2 is 1.87 bits per heavy atom. The van der Waals surface area contributed by atoms with Crippen LogP contribution in [0.1, 0.15) is 28.8 Å². The van der Waals surface area contributed by atoms with Gasteiger partial charge in [0.2, 0.25) is 0 Å². The van der Waals surface area contributed by atoms with Gasteiger partial charge in [0.1, 0.15) is 9.71 Å². The van der Waals surface area contributed by atoms with Crippen LogP contribution in [0.25, 0.3) is 20.7 Å². The summed E-state index contributed by atoms with van der Waals surface area (Å²) in [4.78, 5) is 33.5. The highest BCUT2D eigenvalue weighted by Crippen LogP contribution is 2.32. The summed E-state index contributed by atoms with van der Waals surface area (Å²) in [6.07, 6.45) is 3.40. The molecule has 1 aliphatic rings. The maximum Gasteiger partial charge on any atom is 0.332 e. The van der Waals surface area contributed by atoms with E-state index < -0.39 is 0 Å². The van der Waals surface area contributed by atoms with Crippen LogP contribution in [0.4, 0.5) is 0 Å². The normalized spacial score (nSPS) is 14.6. The predicted molar refractivity (Wildman–Crippen MR) is 130 cm³/mol. The summed E-state index contributed by atoms with van der Waals surface area (Å²) in [6.45, 7) is 4.03. The van der Waals surface area contributed by atoms with Crippen LogP contribution < -0.4 is 16.6 Å². The second-order valence-corrected chi connectivity index (χ2v) is 9.95. The number of halogens is 1. The van der Waals surface area contributed by atoms with Crippen LogP contribution in [-0.2, 0) is 6.54 Å². The van der Waals surface area contributed by atoms with E-state index >= 15 is 0 Å². The summed E-state index contributed by atoms with van der Waals surface area (Å²) >= 11 is 3.05. The minimum atomic E-state index is -0.232. The molecule has 31 heavy (non-hydrogen) atoms. The lowest BCUT2D eigenvalue weighted by Gasteiger charge is -2.24. The largest absolute Gasteiger partial charge is 0.332 e. The molecule has 1 fully saturated rings. The summed E-state index contributed by atoms with van der Waals surface area (Å²) < 4.78 is 3.87. The molecule has 0 amide bonds. The Labute approximate surface area is 193 Å². The Bertz CT molecular complexity index is 1320. The topological polar surface area (TPSA) is 68.9 Å².